The molecule has 164 valence electrons. The van der Waals surface area contributed by atoms with Gasteiger partial charge in [-0.25, -0.2) is 0 Å². The molecule has 0 spiro atoms. The van der Waals surface area contributed by atoms with E-state index in [4.69, 9.17) is 11.5 Å². The third-order valence-electron chi connectivity index (χ3n) is 6.01. The standard InChI is InChI=1S/C21H40N8/c1-18(2)9-13(10-19(3,4)27-18)29(17-25-15(22)24-16(23)26-17)14-11-20(5,6)28-21(7,8)12-14/h13-14,27-28H,9-12H2,1-8H3,(H4,22,23,24,25,26). The molecule has 6 N–H and O–H groups in total. The summed E-state index contributed by atoms with van der Waals surface area (Å²) in [7, 11) is 0. The molecule has 29 heavy (non-hydrogen) atoms. The lowest BCUT2D eigenvalue weighted by Crippen LogP contribution is -2.67. The molecule has 3 heterocycles. The molecule has 2 aliphatic rings. The number of aromatic nitrogens is 3. The van der Waals surface area contributed by atoms with Crippen LogP contribution >= 0.6 is 0 Å². The van der Waals surface area contributed by atoms with Gasteiger partial charge in [0.1, 0.15) is 0 Å². The van der Waals surface area contributed by atoms with E-state index in [1.54, 1.807) is 0 Å². The molecule has 0 radical (unpaired) electrons. The molecule has 0 bridgehead atoms. The van der Waals surface area contributed by atoms with Gasteiger partial charge in [0.15, 0.2) is 0 Å². The van der Waals surface area contributed by atoms with Gasteiger partial charge < -0.3 is 27.0 Å². The minimum atomic E-state index is 0.00669. The molecule has 2 aliphatic heterocycles. The summed E-state index contributed by atoms with van der Waals surface area (Å²) in [6.07, 6.45) is 3.97. The number of nitrogen functional groups attached to an aromatic ring is 2. The number of piperidine rings is 2. The number of anilines is 3. The van der Waals surface area contributed by atoms with Gasteiger partial charge in [0.2, 0.25) is 17.8 Å². The summed E-state index contributed by atoms with van der Waals surface area (Å²) in [5.74, 6) is 0.960. The monoisotopic (exact) mass is 404 g/mol. The average molecular weight is 405 g/mol. The smallest absolute Gasteiger partial charge is 0.232 e. The molecule has 1 aromatic rings. The van der Waals surface area contributed by atoms with Gasteiger partial charge in [0, 0.05) is 34.2 Å². The van der Waals surface area contributed by atoms with Gasteiger partial charge in [0.25, 0.3) is 0 Å². The summed E-state index contributed by atoms with van der Waals surface area (Å²) < 4.78 is 0. The Kier molecular flexibility index (Phi) is 5.27. The Morgan fingerprint density at radius 1 is 0.655 bits per heavy atom. The third-order valence-corrected chi connectivity index (χ3v) is 6.01. The summed E-state index contributed by atoms with van der Waals surface area (Å²) in [4.78, 5) is 15.5. The molecule has 0 saturated carbocycles. The fourth-order valence-corrected chi connectivity index (χ4v) is 6.07. The van der Waals surface area contributed by atoms with Crippen LogP contribution in [-0.4, -0.2) is 49.2 Å². The van der Waals surface area contributed by atoms with Crippen LogP contribution in [0.2, 0.25) is 0 Å². The fraction of sp³-hybridized carbons (Fsp3) is 0.857. The van der Waals surface area contributed by atoms with Gasteiger partial charge in [-0.15, -0.1) is 0 Å². The predicted octanol–water partition coefficient (Wildman–Crippen LogP) is 2.46. The molecular formula is C21H40N8. The maximum atomic E-state index is 5.98. The first-order valence-corrected chi connectivity index (χ1v) is 10.7. The second kappa shape index (κ2) is 6.94. The number of nitrogens with one attached hydrogen (secondary N) is 2. The van der Waals surface area contributed by atoms with Crippen LogP contribution < -0.4 is 27.0 Å². The van der Waals surface area contributed by atoms with Gasteiger partial charge in [0.05, 0.1) is 0 Å². The third kappa shape index (κ3) is 5.28. The highest BCUT2D eigenvalue weighted by Gasteiger charge is 2.46. The van der Waals surface area contributed by atoms with Gasteiger partial charge >= 0.3 is 0 Å². The van der Waals surface area contributed by atoms with Crippen molar-refractivity contribution in [3.63, 3.8) is 0 Å². The van der Waals surface area contributed by atoms with Crippen molar-refractivity contribution in [3.8, 4) is 0 Å². The maximum absolute atomic E-state index is 5.98. The molecule has 2 saturated heterocycles. The highest BCUT2D eigenvalue weighted by atomic mass is 15.3. The Labute approximate surface area is 175 Å². The number of hydrogen-bond donors (Lipinski definition) is 4. The van der Waals surface area contributed by atoms with Gasteiger partial charge in [-0.1, -0.05) is 0 Å². The summed E-state index contributed by atoms with van der Waals surface area (Å²) in [5, 5.41) is 7.57. The van der Waals surface area contributed by atoms with Crippen molar-refractivity contribution >= 4 is 17.8 Å². The first kappa shape index (κ1) is 22.0. The molecule has 0 aliphatic carbocycles. The zero-order chi connectivity index (χ0) is 21.8. The van der Waals surface area contributed by atoms with Gasteiger partial charge in [-0.3, -0.25) is 0 Å². The largest absolute Gasteiger partial charge is 0.368 e. The van der Waals surface area contributed by atoms with E-state index in [1.807, 2.05) is 0 Å². The van der Waals surface area contributed by atoms with E-state index in [2.05, 4.69) is 85.9 Å². The average Bonchev–Trinajstić information content (AvgIpc) is 2.38. The topological polar surface area (TPSA) is 118 Å². The minimum Gasteiger partial charge on any atom is -0.368 e. The van der Waals surface area contributed by atoms with Crippen molar-refractivity contribution in [2.75, 3.05) is 16.4 Å². The zero-order valence-electron chi connectivity index (χ0n) is 19.4. The van der Waals surface area contributed by atoms with Crippen LogP contribution in [-0.2, 0) is 0 Å². The highest BCUT2D eigenvalue weighted by molar-refractivity contribution is 5.43. The lowest BCUT2D eigenvalue weighted by atomic mass is 9.75. The van der Waals surface area contributed by atoms with Crippen molar-refractivity contribution in [2.45, 2.75) is 115 Å². The minimum absolute atomic E-state index is 0.00669. The van der Waals surface area contributed by atoms with Crippen molar-refractivity contribution in [1.82, 2.24) is 25.6 Å². The van der Waals surface area contributed by atoms with Crippen molar-refractivity contribution in [3.05, 3.63) is 0 Å². The molecule has 0 aromatic carbocycles. The van der Waals surface area contributed by atoms with Crippen molar-refractivity contribution in [1.29, 1.82) is 0 Å². The normalized spacial score (nSPS) is 26.2. The molecule has 2 fully saturated rings. The number of nitrogens with two attached hydrogens (primary N) is 2. The van der Waals surface area contributed by atoms with Crippen LogP contribution in [0.15, 0.2) is 0 Å². The summed E-state index contributed by atoms with van der Waals surface area (Å²) in [5.41, 5.74) is 12.0. The molecule has 0 amide bonds. The van der Waals surface area contributed by atoms with Gasteiger partial charge in [-0.05, 0) is 81.1 Å². The zero-order valence-corrected chi connectivity index (χ0v) is 19.4. The SMILES string of the molecule is CC1(C)CC(N(c2nc(N)nc(N)n2)C2CC(C)(C)NC(C)(C)C2)CC(C)(C)N1. The van der Waals surface area contributed by atoms with Crippen molar-refractivity contribution in [2.24, 2.45) is 0 Å². The Morgan fingerprint density at radius 3 is 1.28 bits per heavy atom. The van der Waals surface area contributed by atoms with Crippen LogP contribution in [0.25, 0.3) is 0 Å². The molecule has 3 rings (SSSR count). The molecule has 8 heteroatoms. The number of nitrogens with zero attached hydrogens (tertiary/aromatic N) is 4. The lowest BCUT2D eigenvalue weighted by Gasteiger charge is -2.55. The Balaban J connectivity index is 2.07. The number of rotatable bonds is 3. The van der Waals surface area contributed by atoms with Crippen LogP contribution in [0, 0.1) is 0 Å². The van der Waals surface area contributed by atoms with E-state index in [-0.39, 0.29) is 46.1 Å². The van der Waals surface area contributed by atoms with Crippen LogP contribution in [0.4, 0.5) is 17.8 Å². The van der Waals surface area contributed by atoms with Crippen LogP contribution in [0.3, 0.4) is 0 Å². The van der Waals surface area contributed by atoms with E-state index in [0.29, 0.717) is 5.95 Å². The number of hydrogen-bond acceptors (Lipinski definition) is 8. The Morgan fingerprint density at radius 2 is 0.966 bits per heavy atom. The Hall–Kier alpha value is -1.67. The molecule has 1 aromatic heterocycles. The highest BCUT2D eigenvalue weighted by Crippen LogP contribution is 2.39. The second-order valence-electron chi connectivity index (χ2n) is 11.7. The first-order valence-electron chi connectivity index (χ1n) is 10.7. The van der Waals surface area contributed by atoms with Crippen LogP contribution in [0.1, 0.15) is 81.1 Å². The van der Waals surface area contributed by atoms with E-state index < -0.39 is 0 Å². The van der Waals surface area contributed by atoms with E-state index in [9.17, 15) is 0 Å². The maximum Gasteiger partial charge on any atom is 0.232 e. The van der Waals surface area contributed by atoms with E-state index in [1.165, 1.54) is 0 Å². The molecule has 0 unspecified atom stereocenters. The summed E-state index contributed by atoms with van der Waals surface area (Å²) in [6.45, 7) is 18.2. The Bertz CT molecular complexity index is 665. The van der Waals surface area contributed by atoms with Crippen LogP contribution in [0.5, 0.6) is 0 Å². The van der Waals surface area contributed by atoms with E-state index in [0.717, 1.165) is 25.7 Å². The quantitative estimate of drug-likeness (QED) is 0.607. The predicted molar refractivity (Wildman–Crippen MR) is 120 cm³/mol. The molecule has 0 atom stereocenters. The summed E-state index contributed by atoms with van der Waals surface area (Å²) >= 11 is 0. The van der Waals surface area contributed by atoms with Gasteiger partial charge in [-0.2, -0.15) is 15.0 Å². The molecule has 8 nitrogen and oxygen atoms in total. The lowest BCUT2D eigenvalue weighted by molar-refractivity contribution is 0.123. The first-order chi connectivity index (χ1) is 13.1. The van der Waals surface area contributed by atoms with E-state index >= 15 is 0 Å². The fourth-order valence-electron chi connectivity index (χ4n) is 6.07. The van der Waals surface area contributed by atoms with Crippen molar-refractivity contribution < 1.29 is 0 Å². The summed E-state index contributed by atoms with van der Waals surface area (Å²) in [6, 6.07) is 0.550. The molecular weight excluding hydrogens is 364 g/mol. The second-order valence-corrected chi connectivity index (χ2v) is 11.7.